The van der Waals surface area contributed by atoms with Crippen LogP contribution in [0.15, 0.2) is 24.9 Å². The van der Waals surface area contributed by atoms with Gasteiger partial charge in [0.05, 0.1) is 24.1 Å². The predicted molar refractivity (Wildman–Crippen MR) is 75.3 cm³/mol. The van der Waals surface area contributed by atoms with Crippen molar-refractivity contribution in [2.24, 2.45) is 0 Å². The molecule has 2 rings (SSSR count). The number of aromatic nitrogens is 4. The van der Waals surface area contributed by atoms with E-state index < -0.39 is 10.9 Å². The van der Waals surface area contributed by atoms with Gasteiger partial charge in [-0.25, -0.2) is 14.8 Å². The lowest BCUT2D eigenvalue weighted by Gasteiger charge is -2.14. The molecule has 10 nitrogen and oxygen atoms in total. The standard InChI is InChI=1S/C12H14N6O4/c1-8(5-17-7-13-6-15-17)16-11-10(18(20)21)3-9(4-14-11)12(19)22-2/h3-4,6-8H,5H2,1-2H3,(H,14,16). The fraction of sp³-hybridized carbons (Fsp3) is 0.333. The minimum absolute atomic E-state index is 0.0173. The van der Waals surface area contributed by atoms with Crippen LogP contribution >= 0.6 is 0 Å². The van der Waals surface area contributed by atoms with Gasteiger partial charge >= 0.3 is 11.7 Å². The molecule has 0 aliphatic heterocycles. The van der Waals surface area contributed by atoms with Crippen molar-refractivity contribution in [2.45, 2.75) is 19.5 Å². The lowest BCUT2D eigenvalue weighted by atomic mass is 10.2. The Hall–Kier alpha value is -3.04. The Bertz CT molecular complexity index is 672. The van der Waals surface area contributed by atoms with Crippen LogP contribution in [0.2, 0.25) is 0 Å². The van der Waals surface area contributed by atoms with Crippen LogP contribution in [0.4, 0.5) is 11.5 Å². The lowest BCUT2D eigenvalue weighted by molar-refractivity contribution is -0.384. The Kier molecular flexibility index (Phi) is 4.61. The fourth-order valence-corrected chi connectivity index (χ4v) is 1.82. The summed E-state index contributed by atoms with van der Waals surface area (Å²) in [6.07, 6.45) is 4.17. The number of anilines is 1. The van der Waals surface area contributed by atoms with E-state index in [0.29, 0.717) is 6.54 Å². The van der Waals surface area contributed by atoms with Crippen molar-refractivity contribution in [1.82, 2.24) is 19.7 Å². The van der Waals surface area contributed by atoms with Gasteiger partial charge in [-0.15, -0.1) is 0 Å². The maximum atomic E-state index is 11.4. The Labute approximate surface area is 125 Å². The van der Waals surface area contributed by atoms with Gasteiger partial charge in [-0.3, -0.25) is 14.8 Å². The highest BCUT2D eigenvalue weighted by atomic mass is 16.6. The number of ether oxygens (including phenoxy) is 1. The summed E-state index contributed by atoms with van der Waals surface area (Å²) in [6, 6.07) is 0.945. The van der Waals surface area contributed by atoms with E-state index in [9.17, 15) is 14.9 Å². The summed E-state index contributed by atoms with van der Waals surface area (Å²) in [4.78, 5) is 29.7. The van der Waals surface area contributed by atoms with Crippen LogP contribution in [0.1, 0.15) is 17.3 Å². The zero-order valence-electron chi connectivity index (χ0n) is 12.0. The molecular weight excluding hydrogens is 292 g/mol. The van der Waals surface area contributed by atoms with Gasteiger partial charge in [0.2, 0.25) is 5.82 Å². The summed E-state index contributed by atoms with van der Waals surface area (Å²) in [7, 11) is 1.19. The first kappa shape index (κ1) is 15.4. The van der Waals surface area contributed by atoms with Crippen LogP contribution in [0.25, 0.3) is 0 Å². The van der Waals surface area contributed by atoms with Crippen molar-refractivity contribution in [3.63, 3.8) is 0 Å². The molecule has 2 aromatic heterocycles. The molecule has 0 bridgehead atoms. The first-order chi connectivity index (χ1) is 10.5. The third kappa shape index (κ3) is 3.53. The quantitative estimate of drug-likeness (QED) is 0.473. The molecule has 0 aliphatic carbocycles. The smallest absolute Gasteiger partial charge is 0.339 e. The van der Waals surface area contributed by atoms with Gasteiger partial charge in [-0.2, -0.15) is 5.10 Å². The Morgan fingerprint density at radius 2 is 2.36 bits per heavy atom. The topological polar surface area (TPSA) is 125 Å². The number of carbonyl (C=O) groups is 1. The molecule has 0 saturated carbocycles. The minimum Gasteiger partial charge on any atom is -0.465 e. The summed E-state index contributed by atoms with van der Waals surface area (Å²) in [6.45, 7) is 2.28. The average Bonchev–Trinajstić information content (AvgIpc) is 2.99. The lowest BCUT2D eigenvalue weighted by Crippen LogP contribution is -2.23. The van der Waals surface area contributed by atoms with Crippen molar-refractivity contribution in [3.05, 3.63) is 40.6 Å². The molecule has 0 fully saturated rings. The van der Waals surface area contributed by atoms with E-state index in [4.69, 9.17) is 0 Å². The van der Waals surface area contributed by atoms with Crippen molar-refractivity contribution < 1.29 is 14.5 Å². The first-order valence-electron chi connectivity index (χ1n) is 6.33. The van der Waals surface area contributed by atoms with E-state index in [1.54, 1.807) is 11.0 Å². The molecule has 116 valence electrons. The summed E-state index contributed by atoms with van der Waals surface area (Å²) >= 11 is 0. The molecule has 22 heavy (non-hydrogen) atoms. The largest absolute Gasteiger partial charge is 0.465 e. The second-order valence-corrected chi connectivity index (χ2v) is 4.50. The number of esters is 1. The molecule has 1 atom stereocenters. The highest BCUT2D eigenvalue weighted by molar-refractivity contribution is 5.90. The minimum atomic E-state index is -0.683. The zero-order chi connectivity index (χ0) is 16.1. The van der Waals surface area contributed by atoms with Gasteiger partial charge < -0.3 is 10.1 Å². The molecule has 0 saturated heterocycles. The maximum Gasteiger partial charge on any atom is 0.339 e. The molecule has 10 heteroatoms. The normalized spacial score (nSPS) is 11.7. The second kappa shape index (κ2) is 6.61. The molecular formula is C12H14N6O4. The van der Waals surface area contributed by atoms with Gasteiger partial charge in [0.1, 0.15) is 12.7 Å². The van der Waals surface area contributed by atoms with Crippen molar-refractivity contribution >= 4 is 17.5 Å². The van der Waals surface area contributed by atoms with Gasteiger partial charge in [0.15, 0.2) is 0 Å². The van der Waals surface area contributed by atoms with Gasteiger partial charge in [0, 0.05) is 18.3 Å². The van der Waals surface area contributed by atoms with Crippen LogP contribution in [-0.4, -0.2) is 43.8 Å². The third-order valence-electron chi connectivity index (χ3n) is 2.80. The number of nitrogens with one attached hydrogen (secondary N) is 1. The van der Waals surface area contributed by atoms with Crippen LogP contribution in [0.3, 0.4) is 0 Å². The predicted octanol–water partition coefficient (Wildman–Crippen LogP) is 0.869. The van der Waals surface area contributed by atoms with Crippen LogP contribution in [-0.2, 0) is 11.3 Å². The monoisotopic (exact) mass is 306 g/mol. The summed E-state index contributed by atoms with van der Waals surface area (Å²) < 4.78 is 6.11. The van der Waals surface area contributed by atoms with E-state index in [1.807, 2.05) is 6.92 Å². The highest BCUT2D eigenvalue weighted by Crippen LogP contribution is 2.23. The van der Waals surface area contributed by atoms with E-state index in [2.05, 4.69) is 25.1 Å². The summed E-state index contributed by atoms with van der Waals surface area (Å²) in [5.41, 5.74) is -0.281. The van der Waals surface area contributed by atoms with Crippen molar-refractivity contribution in [1.29, 1.82) is 0 Å². The van der Waals surface area contributed by atoms with Crippen LogP contribution in [0.5, 0.6) is 0 Å². The van der Waals surface area contributed by atoms with E-state index in [-0.39, 0.29) is 23.1 Å². The molecule has 2 heterocycles. The van der Waals surface area contributed by atoms with E-state index in [0.717, 1.165) is 6.07 Å². The van der Waals surface area contributed by atoms with Crippen molar-refractivity contribution in [2.75, 3.05) is 12.4 Å². The second-order valence-electron chi connectivity index (χ2n) is 4.50. The number of nitro groups is 1. The average molecular weight is 306 g/mol. The Morgan fingerprint density at radius 3 is 2.95 bits per heavy atom. The number of pyridine rings is 1. The van der Waals surface area contributed by atoms with Gasteiger partial charge in [-0.1, -0.05) is 0 Å². The van der Waals surface area contributed by atoms with Crippen molar-refractivity contribution in [3.8, 4) is 0 Å². The zero-order valence-corrected chi connectivity index (χ0v) is 12.0. The molecule has 0 amide bonds. The van der Waals surface area contributed by atoms with Gasteiger partial charge in [0.25, 0.3) is 0 Å². The van der Waals surface area contributed by atoms with Crippen LogP contribution < -0.4 is 5.32 Å². The number of methoxy groups -OCH3 is 1. The maximum absolute atomic E-state index is 11.4. The number of carbonyl (C=O) groups excluding carboxylic acids is 1. The summed E-state index contributed by atoms with van der Waals surface area (Å²) in [5.74, 6) is -0.608. The molecule has 1 N–H and O–H groups in total. The number of nitrogens with zero attached hydrogens (tertiary/aromatic N) is 5. The molecule has 0 aromatic carbocycles. The molecule has 2 aromatic rings. The number of hydrogen-bond acceptors (Lipinski definition) is 8. The molecule has 0 radical (unpaired) electrons. The number of hydrogen-bond donors (Lipinski definition) is 1. The van der Waals surface area contributed by atoms with Gasteiger partial charge in [-0.05, 0) is 6.92 Å². The molecule has 1 unspecified atom stereocenters. The highest BCUT2D eigenvalue weighted by Gasteiger charge is 2.20. The SMILES string of the molecule is COC(=O)c1cnc(NC(C)Cn2cncn2)c([N+](=O)[O-])c1. The molecule has 0 spiro atoms. The van der Waals surface area contributed by atoms with E-state index >= 15 is 0 Å². The third-order valence-corrected chi connectivity index (χ3v) is 2.80. The summed E-state index contributed by atoms with van der Waals surface area (Å²) in [5, 5.41) is 18.0. The number of rotatable bonds is 6. The molecule has 0 aliphatic rings. The van der Waals surface area contributed by atoms with Crippen LogP contribution in [0, 0.1) is 10.1 Å². The van der Waals surface area contributed by atoms with E-state index in [1.165, 1.54) is 19.6 Å². The first-order valence-corrected chi connectivity index (χ1v) is 6.33. The Morgan fingerprint density at radius 1 is 1.59 bits per heavy atom. The fourth-order valence-electron chi connectivity index (χ4n) is 1.82. The Balaban J connectivity index is 2.19.